The van der Waals surface area contributed by atoms with Gasteiger partial charge in [0.1, 0.15) is 22.0 Å². The summed E-state index contributed by atoms with van der Waals surface area (Å²) in [7, 11) is -2.24. The van der Waals surface area contributed by atoms with Crippen molar-refractivity contribution in [2.45, 2.75) is 54.7 Å². The quantitative estimate of drug-likeness (QED) is 0.698. The highest BCUT2D eigenvalue weighted by atomic mass is 32.2. The normalized spacial score (nSPS) is 25.2. The highest BCUT2D eigenvalue weighted by Gasteiger charge is 2.49. The lowest BCUT2D eigenvalue weighted by atomic mass is 9.77. The minimum absolute atomic E-state index is 0.105. The van der Waals surface area contributed by atoms with E-state index in [1.165, 1.54) is 4.31 Å². The predicted molar refractivity (Wildman–Crippen MR) is 125 cm³/mol. The molecule has 2 heterocycles. The van der Waals surface area contributed by atoms with E-state index in [0.717, 1.165) is 12.0 Å². The summed E-state index contributed by atoms with van der Waals surface area (Å²) in [6, 6.07) is 14.0. The van der Waals surface area contributed by atoms with Crippen LogP contribution in [-0.2, 0) is 21.4 Å². The molecule has 2 aromatic carbocycles. The van der Waals surface area contributed by atoms with Gasteiger partial charge in [-0.05, 0) is 49.1 Å². The number of nitrogens with zero attached hydrogens (tertiary/aromatic N) is 2. The topological polar surface area (TPSA) is 96.4 Å². The number of para-hydroxylation sites is 1. The number of fused-ring (bicyclic) bond motifs is 1. The fourth-order valence-electron chi connectivity index (χ4n) is 5.06. The Morgan fingerprint density at radius 3 is 2.50 bits per heavy atom. The lowest BCUT2D eigenvalue weighted by molar-refractivity contribution is -0.140. The third-order valence-electron chi connectivity index (χ3n) is 7.21. The van der Waals surface area contributed by atoms with E-state index in [0.29, 0.717) is 37.3 Å². The molecule has 182 valence electrons. The summed E-state index contributed by atoms with van der Waals surface area (Å²) in [6.07, 6.45) is 2.85. The molecule has 34 heavy (non-hydrogen) atoms. The number of sulfonamides is 1. The Bertz CT molecular complexity index is 1180. The number of amides is 1. The molecule has 1 aliphatic carbocycles. The Morgan fingerprint density at radius 2 is 1.82 bits per heavy atom. The summed E-state index contributed by atoms with van der Waals surface area (Å²) in [5.41, 5.74) is -0.922. The lowest BCUT2D eigenvalue weighted by Gasteiger charge is -2.37. The van der Waals surface area contributed by atoms with Crippen molar-refractivity contribution < 1.29 is 27.8 Å². The van der Waals surface area contributed by atoms with Gasteiger partial charge in [0.2, 0.25) is 15.9 Å². The minimum Gasteiger partial charge on any atom is -0.497 e. The first kappa shape index (κ1) is 23.1. The molecule has 2 aromatic rings. The van der Waals surface area contributed by atoms with Crippen LogP contribution in [0.4, 0.5) is 0 Å². The first-order valence-corrected chi connectivity index (χ1v) is 13.1. The van der Waals surface area contributed by atoms with Crippen LogP contribution in [-0.4, -0.2) is 66.6 Å². The second kappa shape index (κ2) is 8.55. The van der Waals surface area contributed by atoms with Crippen molar-refractivity contribution in [1.29, 1.82) is 0 Å². The van der Waals surface area contributed by atoms with E-state index in [4.69, 9.17) is 9.47 Å². The number of ether oxygens (including phenoxy) is 2. The average Bonchev–Trinajstić information content (AvgIpc) is 3.18. The van der Waals surface area contributed by atoms with Crippen LogP contribution in [0.3, 0.4) is 0 Å². The molecule has 0 radical (unpaired) electrons. The van der Waals surface area contributed by atoms with E-state index in [1.807, 2.05) is 12.1 Å². The van der Waals surface area contributed by atoms with Crippen molar-refractivity contribution in [3.05, 3.63) is 54.1 Å². The molecule has 2 aliphatic heterocycles. The predicted octanol–water partition coefficient (Wildman–Crippen LogP) is 2.55. The summed E-state index contributed by atoms with van der Waals surface area (Å²) in [6.45, 7) is 1.06. The molecule has 5 rings (SSSR count). The van der Waals surface area contributed by atoms with Crippen LogP contribution in [0.1, 0.15) is 37.7 Å². The number of hydrogen-bond acceptors (Lipinski definition) is 6. The zero-order chi connectivity index (χ0) is 24.0. The zero-order valence-electron chi connectivity index (χ0n) is 19.3. The van der Waals surface area contributed by atoms with E-state index in [-0.39, 0.29) is 36.9 Å². The van der Waals surface area contributed by atoms with Crippen molar-refractivity contribution in [2.75, 3.05) is 26.7 Å². The molecule has 9 heteroatoms. The Morgan fingerprint density at radius 1 is 1.09 bits per heavy atom. The van der Waals surface area contributed by atoms with E-state index in [9.17, 15) is 18.3 Å². The number of benzene rings is 2. The average molecular weight is 487 g/mol. The number of aliphatic hydroxyl groups is 1. The number of likely N-dealkylation sites (tertiary alicyclic amines) is 1. The van der Waals surface area contributed by atoms with Gasteiger partial charge in [0.15, 0.2) is 0 Å². The molecule has 1 saturated heterocycles. The number of rotatable bonds is 5. The van der Waals surface area contributed by atoms with Gasteiger partial charge in [0.05, 0.1) is 32.2 Å². The van der Waals surface area contributed by atoms with Crippen LogP contribution in [0.25, 0.3) is 0 Å². The summed E-state index contributed by atoms with van der Waals surface area (Å²) in [5, 5.41) is 10.5. The molecule has 1 atom stereocenters. The van der Waals surface area contributed by atoms with Gasteiger partial charge in [-0.3, -0.25) is 4.79 Å². The highest BCUT2D eigenvalue weighted by Crippen LogP contribution is 2.40. The van der Waals surface area contributed by atoms with Crippen molar-refractivity contribution >= 4 is 15.9 Å². The van der Waals surface area contributed by atoms with Crippen LogP contribution in [0, 0.1) is 0 Å². The maximum Gasteiger partial charge on any atom is 0.247 e. The van der Waals surface area contributed by atoms with Crippen molar-refractivity contribution in [2.24, 2.45) is 0 Å². The Kier molecular flexibility index (Phi) is 5.82. The van der Waals surface area contributed by atoms with Crippen LogP contribution >= 0.6 is 0 Å². The molecule has 2 fully saturated rings. The smallest absolute Gasteiger partial charge is 0.247 e. The molecule has 0 bridgehead atoms. The number of hydrogen-bond donors (Lipinski definition) is 1. The minimum atomic E-state index is -3.82. The third kappa shape index (κ3) is 4.28. The van der Waals surface area contributed by atoms with E-state index < -0.39 is 21.2 Å². The van der Waals surface area contributed by atoms with Gasteiger partial charge >= 0.3 is 0 Å². The number of carbonyl (C=O) groups excluding carboxylic acids is 1. The van der Waals surface area contributed by atoms with E-state index >= 15 is 0 Å². The zero-order valence-corrected chi connectivity index (χ0v) is 20.1. The maximum atomic E-state index is 13.6. The third-order valence-corrected chi connectivity index (χ3v) is 9.04. The first-order valence-electron chi connectivity index (χ1n) is 11.6. The highest BCUT2D eigenvalue weighted by molar-refractivity contribution is 7.89. The molecule has 8 nitrogen and oxygen atoms in total. The molecule has 0 unspecified atom stereocenters. The van der Waals surface area contributed by atoms with Crippen molar-refractivity contribution in [3.63, 3.8) is 0 Å². The molecule has 3 aliphatic rings. The Hall–Kier alpha value is -2.62. The van der Waals surface area contributed by atoms with Crippen LogP contribution in [0.15, 0.2) is 53.4 Å². The van der Waals surface area contributed by atoms with Gasteiger partial charge < -0.3 is 19.5 Å². The molecule has 1 spiro atoms. The van der Waals surface area contributed by atoms with Crippen LogP contribution in [0.2, 0.25) is 0 Å². The van der Waals surface area contributed by atoms with E-state index in [1.54, 1.807) is 48.4 Å². The van der Waals surface area contributed by atoms with Crippen molar-refractivity contribution in [3.8, 4) is 11.5 Å². The fourth-order valence-corrected chi connectivity index (χ4v) is 6.68. The van der Waals surface area contributed by atoms with Gasteiger partial charge in [-0.25, -0.2) is 8.42 Å². The van der Waals surface area contributed by atoms with Crippen molar-refractivity contribution in [1.82, 2.24) is 9.21 Å². The SMILES string of the molecule is COc1ccc(CN2C[C@]3(CCN(C(=O)CC4(O)CCC4)C3)Oc3ccccc3S2(=O)=O)cc1. The molecule has 1 N–H and O–H groups in total. The molecular weight excluding hydrogens is 456 g/mol. The van der Waals surface area contributed by atoms with Gasteiger partial charge in [-0.1, -0.05) is 24.3 Å². The summed E-state index contributed by atoms with van der Waals surface area (Å²) in [5.74, 6) is 0.905. The summed E-state index contributed by atoms with van der Waals surface area (Å²) in [4.78, 5) is 14.8. The molecular formula is C25H30N2O6S. The fraction of sp³-hybridized carbons (Fsp3) is 0.480. The number of carbonyl (C=O) groups is 1. The molecule has 1 amide bonds. The molecule has 0 aromatic heterocycles. The maximum absolute atomic E-state index is 13.6. The Balaban J connectivity index is 1.43. The van der Waals surface area contributed by atoms with Gasteiger partial charge in [0, 0.05) is 19.5 Å². The van der Waals surface area contributed by atoms with Gasteiger partial charge in [-0.15, -0.1) is 0 Å². The second-order valence-corrected chi connectivity index (χ2v) is 11.6. The lowest BCUT2D eigenvalue weighted by Crippen LogP contribution is -2.50. The largest absolute Gasteiger partial charge is 0.497 e. The Labute approximate surface area is 200 Å². The first-order chi connectivity index (χ1) is 16.2. The molecule has 1 saturated carbocycles. The van der Waals surface area contributed by atoms with Crippen LogP contribution in [0.5, 0.6) is 11.5 Å². The van der Waals surface area contributed by atoms with Gasteiger partial charge in [0.25, 0.3) is 0 Å². The standard InChI is InChI=1S/C25H30N2O6S/c1-32-20-9-7-19(8-10-20)16-27-18-25(33-21-5-2-3-6-22(21)34(27,30)31)13-14-26(17-25)23(28)15-24(29)11-4-12-24/h2-3,5-10,29H,4,11-18H2,1H3/t25-/m1/s1. The summed E-state index contributed by atoms with van der Waals surface area (Å²) >= 11 is 0. The summed E-state index contributed by atoms with van der Waals surface area (Å²) < 4.78 is 40.4. The van der Waals surface area contributed by atoms with Gasteiger partial charge in [-0.2, -0.15) is 4.31 Å². The van der Waals surface area contributed by atoms with E-state index in [2.05, 4.69) is 0 Å². The monoisotopic (exact) mass is 486 g/mol. The van der Waals surface area contributed by atoms with Crippen LogP contribution < -0.4 is 9.47 Å². The number of methoxy groups -OCH3 is 1. The second-order valence-electron chi connectivity index (χ2n) is 9.67.